The van der Waals surface area contributed by atoms with Crippen LogP contribution in [0.4, 0.5) is 11.4 Å². The van der Waals surface area contributed by atoms with Gasteiger partial charge in [0, 0.05) is 31.6 Å². The van der Waals surface area contributed by atoms with Crippen LogP contribution in [0.2, 0.25) is 0 Å². The standard InChI is InChI=1S/C21H28N2O3S/c1-16(2)17-6-12-21(13-7-17)27(24,25)22-18-8-10-19(11-9-18)23-14-4-5-20(15-23)26-3/h6-13,16,20,22H,4-5,14-15H2,1-3H3. The van der Waals surface area contributed by atoms with Crippen molar-refractivity contribution in [1.82, 2.24) is 0 Å². The Labute approximate surface area is 162 Å². The maximum absolute atomic E-state index is 12.6. The Balaban J connectivity index is 1.70. The number of methoxy groups -OCH3 is 1. The molecule has 1 unspecified atom stereocenters. The van der Waals surface area contributed by atoms with Gasteiger partial charge in [0.1, 0.15) is 0 Å². The van der Waals surface area contributed by atoms with Gasteiger partial charge >= 0.3 is 0 Å². The first-order valence-electron chi connectivity index (χ1n) is 9.39. The molecule has 2 aromatic carbocycles. The molecule has 0 aromatic heterocycles. The van der Waals surface area contributed by atoms with Crippen molar-refractivity contribution in [3.8, 4) is 0 Å². The van der Waals surface area contributed by atoms with E-state index in [1.165, 1.54) is 0 Å². The third-order valence-corrected chi connectivity index (χ3v) is 6.45. The zero-order valence-electron chi connectivity index (χ0n) is 16.2. The Hall–Kier alpha value is -2.05. The molecule has 0 radical (unpaired) electrons. The van der Waals surface area contributed by atoms with E-state index in [0.29, 0.717) is 11.6 Å². The topological polar surface area (TPSA) is 58.6 Å². The van der Waals surface area contributed by atoms with E-state index < -0.39 is 10.0 Å². The summed E-state index contributed by atoms with van der Waals surface area (Å²) in [5, 5.41) is 0. The van der Waals surface area contributed by atoms with Crippen molar-refractivity contribution in [3.05, 3.63) is 54.1 Å². The van der Waals surface area contributed by atoms with E-state index in [2.05, 4.69) is 23.5 Å². The lowest BCUT2D eigenvalue weighted by Crippen LogP contribution is -2.39. The maximum atomic E-state index is 12.6. The van der Waals surface area contributed by atoms with Gasteiger partial charge in [-0.1, -0.05) is 26.0 Å². The zero-order valence-corrected chi connectivity index (χ0v) is 17.0. The number of nitrogens with zero attached hydrogens (tertiary/aromatic N) is 1. The fourth-order valence-corrected chi connectivity index (χ4v) is 4.41. The number of sulfonamides is 1. The largest absolute Gasteiger partial charge is 0.380 e. The fourth-order valence-electron chi connectivity index (χ4n) is 3.35. The second-order valence-electron chi connectivity index (χ2n) is 7.32. The van der Waals surface area contributed by atoms with Gasteiger partial charge in [0.2, 0.25) is 0 Å². The highest BCUT2D eigenvalue weighted by Gasteiger charge is 2.20. The van der Waals surface area contributed by atoms with Gasteiger partial charge < -0.3 is 9.64 Å². The number of rotatable bonds is 6. The molecule has 27 heavy (non-hydrogen) atoms. The van der Waals surface area contributed by atoms with Crippen molar-refractivity contribution in [1.29, 1.82) is 0 Å². The molecule has 1 aliphatic rings. The molecular weight excluding hydrogens is 360 g/mol. The summed E-state index contributed by atoms with van der Waals surface area (Å²) in [6.07, 6.45) is 2.44. The summed E-state index contributed by atoms with van der Waals surface area (Å²) in [5.41, 5.74) is 2.77. The van der Waals surface area contributed by atoms with Crippen LogP contribution in [0, 0.1) is 0 Å². The van der Waals surface area contributed by atoms with Crippen LogP contribution < -0.4 is 9.62 Å². The van der Waals surface area contributed by atoms with E-state index in [0.717, 1.165) is 37.2 Å². The van der Waals surface area contributed by atoms with E-state index in [-0.39, 0.29) is 11.0 Å². The monoisotopic (exact) mass is 388 g/mol. The van der Waals surface area contributed by atoms with Gasteiger partial charge in [0.15, 0.2) is 0 Å². The van der Waals surface area contributed by atoms with Crippen molar-refractivity contribution < 1.29 is 13.2 Å². The summed E-state index contributed by atoms with van der Waals surface area (Å²) in [4.78, 5) is 2.55. The third kappa shape index (κ3) is 4.82. The molecular formula is C21H28N2O3S. The molecule has 0 bridgehead atoms. The minimum atomic E-state index is -3.59. The second-order valence-corrected chi connectivity index (χ2v) is 9.00. The average Bonchev–Trinajstić information content (AvgIpc) is 2.68. The molecule has 0 spiro atoms. The van der Waals surface area contributed by atoms with Crippen molar-refractivity contribution in [2.45, 2.75) is 43.6 Å². The van der Waals surface area contributed by atoms with E-state index in [4.69, 9.17) is 4.74 Å². The number of hydrogen-bond donors (Lipinski definition) is 1. The van der Waals surface area contributed by atoms with Crippen molar-refractivity contribution >= 4 is 21.4 Å². The summed E-state index contributed by atoms with van der Waals surface area (Å²) >= 11 is 0. The van der Waals surface area contributed by atoms with Crippen LogP contribution in [0.1, 0.15) is 38.2 Å². The molecule has 3 rings (SSSR count). The molecule has 2 aromatic rings. The van der Waals surface area contributed by atoms with E-state index in [1.54, 1.807) is 19.2 Å². The molecule has 1 heterocycles. The van der Waals surface area contributed by atoms with Gasteiger partial charge in [0.05, 0.1) is 11.0 Å². The van der Waals surface area contributed by atoms with Crippen molar-refractivity contribution in [2.24, 2.45) is 0 Å². The van der Waals surface area contributed by atoms with Crippen LogP contribution in [0.15, 0.2) is 53.4 Å². The van der Waals surface area contributed by atoms with Crippen LogP contribution in [0.25, 0.3) is 0 Å². The smallest absolute Gasteiger partial charge is 0.261 e. The molecule has 6 heteroatoms. The molecule has 1 saturated heterocycles. The molecule has 0 saturated carbocycles. The molecule has 1 aliphatic heterocycles. The minimum Gasteiger partial charge on any atom is -0.380 e. The molecule has 5 nitrogen and oxygen atoms in total. The quantitative estimate of drug-likeness (QED) is 0.805. The number of benzene rings is 2. The fraction of sp³-hybridized carbons (Fsp3) is 0.429. The molecule has 1 N–H and O–H groups in total. The molecule has 146 valence electrons. The summed E-state index contributed by atoms with van der Waals surface area (Å²) in [6, 6.07) is 14.6. The second kappa shape index (κ2) is 8.31. The Morgan fingerprint density at radius 3 is 2.33 bits per heavy atom. The molecule has 0 amide bonds. The SMILES string of the molecule is COC1CCCN(c2ccc(NS(=O)(=O)c3ccc(C(C)C)cc3)cc2)C1. The highest BCUT2D eigenvalue weighted by Crippen LogP contribution is 2.25. The van der Waals surface area contributed by atoms with Gasteiger partial charge in [-0.3, -0.25) is 4.72 Å². The van der Waals surface area contributed by atoms with Crippen LogP contribution in [-0.4, -0.2) is 34.7 Å². The summed E-state index contributed by atoms with van der Waals surface area (Å²) < 4.78 is 33.4. The van der Waals surface area contributed by atoms with Gasteiger partial charge in [-0.25, -0.2) is 8.42 Å². The summed E-state index contributed by atoms with van der Waals surface area (Å²) in [7, 11) is -1.84. The average molecular weight is 389 g/mol. The lowest BCUT2D eigenvalue weighted by atomic mass is 10.0. The Morgan fingerprint density at radius 2 is 1.74 bits per heavy atom. The predicted octanol–water partition coefficient (Wildman–Crippen LogP) is 4.23. The number of hydrogen-bond acceptors (Lipinski definition) is 4. The minimum absolute atomic E-state index is 0.255. The molecule has 0 aliphatic carbocycles. The normalized spacial score (nSPS) is 17.9. The van der Waals surface area contributed by atoms with Gasteiger partial charge in [0.25, 0.3) is 10.0 Å². The Morgan fingerprint density at radius 1 is 1.07 bits per heavy atom. The zero-order chi connectivity index (χ0) is 19.4. The van der Waals surface area contributed by atoms with Crippen LogP contribution in [0.5, 0.6) is 0 Å². The molecule has 1 atom stereocenters. The lowest BCUT2D eigenvalue weighted by molar-refractivity contribution is 0.0893. The first-order chi connectivity index (χ1) is 12.9. The van der Waals surface area contributed by atoms with Gasteiger partial charge in [-0.05, 0) is 60.7 Å². The maximum Gasteiger partial charge on any atom is 0.261 e. The van der Waals surface area contributed by atoms with E-state index in [9.17, 15) is 8.42 Å². The number of ether oxygens (including phenoxy) is 1. The van der Waals surface area contributed by atoms with Crippen LogP contribution in [-0.2, 0) is 14.8 Å². The lowest BCUT2D eigenvalue weighted by Gasteiger charge is -2.33. The van der Waals surface area contributed by atoms with Gasteiger partial charge in [-0.15, -0.1) is 0 Å². The first-order valence-corrected chi connectivity index (χ1v) is 10.9. The highest BCUT2D eigenvalue weighted by atomic mass is 32.2. The van der Waals surface area contributed by atoms with E-state index >= 15 is 0 Å². The van der Waals surface area contributed by atoms with E-state index in [1.807, 2.05) is 36.4 Å². The summed E-state index contributed by atoms with van der Waals surface area (Å²) in [5.74, 6) is 0.370. The van der Waals surface area contributed by atoms with Crippen molar-refractivity contribution in [2.75, 3.05) is 29.8 Å². The molecule has 1 fully saturated rings. The number of piperidine rings is 1. The number of nitrogens with one attached hydrogen (secondary N) is 1. The predicted molar refractivity (Wildman–Crippen MR) is 110 cm³/mol. The summed E-state index contributed by atoms with van der Waals surface area (Å²) in [6.45, 7) is 6.03. The van der Waals surface area contributed by atoms with Gasteiger partial charge in [-0.2, -0.15) is 0 Å². The van der Waals surface area contributed by atoms with Crippen LogP contribution >= 0.6 is 0 Å². The third-order valence-electron chi connectivity index (χ3n) is 5.05. The van der Waals surface area contributed by atoms with Crippen LogP contribution in [0.3, 0.4) is 0 Å². The number of anilines is 2. The Bertz CT molecular complexity index is 846. The Kier molecular flexibility index (Phi) is 6.07. The highest BCUT2D eigenvalue weighted by molar-refractivity contribution is 7.92. The first kappa shape index (κ1) is 19.7. The van der Waals surface area contributed by atoms with Crippen molar-refractivity contribution in [3.63, 3.8) is 0 Å².